The lowest BCUT2D eigenvalue weighted by atomic mass is 10.1. The molecule has 1 amide bonds. The Morgan fingerprint density at radius 2 is 1.72 bits per heavy atom. The van der Waals surface area contributed by atoms with E-state index in [-0.39, 0.29) is 10.5 Å². The second-order valence-electron chi connectivity index (χ2n) is 6.78. The minimum absolute atomic E-state index is 0.137. The Kier molecular flexibility index (Phi) is 7.44. The van der Waals surface area contributed by atoms with Crippen molar-refractivity contribution in [1.82, 2.24) is 9.29 Å². The van der Waals surface area contributed by atoms with Gasteiger partial charge in [0.1, 0.15) is 5.15 Å². The number of pyridine rings is 1. The minimum atomic E-state index is -3.58. The van der Waals surface area contributed by atoms with Crippen molar-refractivity contribution in [1.29, 1.82) is 0 Å². The van der Waals surface area contributed by atoms with E-state index < -0.39 is 28.5 Å². The van der Waals surface area contributed by atoms with Gasteiger partial charge in [-0.25, -0.2) is 18.2 Å². The Morgan fingerprint density at radius 3 is 2.38 bits per heavy atom. The second-order valence-corrected chi connectivity index (χ2v) is 9.10. The van der Waals surface area contributed by atoms with Gasteiger partial charge < -0.3 is 10.1 Å². The van der Waals surface area contributed by atoms with Gasteiger partial charge in [-0.05, 0) is 54.6 Å². The number of ether oxygens (including phenoxy) is 1. The van der Waals surface area contributed by atoms with E-state index in [9.17, 15) is 18.0 Å². The molecule has 0 saturated heterocycles. The number of aromatic nitrogens is 1. The number of esters is 1. The van der Waals surface area contributed by atoms with E-state index in [1.165, 1.54) is 28.6 Å². The topological polar surface area (TPSA) is 106 Å². The summed E-state index contributed by atoms with van der Waals surface area (Å²) >= 11 is 5.85. The molecule has 8 nitrogen and oxygen atoms in total. The van der Waals surface area contributed by atoms with E-state index in [0.29, 0.717) is 34.8 Å². The monoisotopic (exact) mass is 475 g/mol. The molecule has 3 rings (SSSR count). The van der Waals surface area contributed by atoms with Crippen LogP contribution >= 0.6 is 11.6 Å². The number of hydrogen-bond donors (Lipinski definition) is 1. The van der Waals surface area contributed by atoms with Crippen molar-refractivity contribution >= 4 is 50.1 Å². The normalized spacial score (nSPS) is 11.5. The maximum absolute atomic E-state index is 12.5. The first-order valence-corrected chi connectivity index (χ1v) is 11.7. The maximum atomic E-state index is 12.5. The first-order chi connectivity index (χ1) is 15.2. The molecule has 0 bridgehead atoms. The van der Waals surface area contributed by atoms with Gasteiger partial charge in [-0.15, -0.1) is 0 Å². The summed E-state index contributed by atoms with van der Waals surface area (Å²) in [6.07, 6.45) is 0. The van der Waals surface area contributed by atoms with E-state index in [1.54, 1.807) is 44.2 Å². The number of carbonyl (C=O) groups is 2. The molecule has 0 aliphatic heterocycles. The number of sulfonamides is 1. The van der Waals surface area contributed by atoms with Crippen LogP contribution in [0.25, 0.3) is 10.9 Å². The van der Waals surface area contributed by atoms with Gasteiger partial charge in [-0.2, -0.15) is 4.31 Å². The molecule has 0 aliphatic rings. The van der Waals surface area contributed by atoms with E-state index in [1.807, 2.05) is 0 Å². The highest BCUT2D eigenvalue weighted by Gasteiger charge is 2.21. The Balaban J connectivity index is 1.59. The molecule has 0 radical (unpaired) electrons. The first kappa shape index (κ1) is 23.6. The van der Waals surface area contributed by atoms with Crippen molar-refractivity contribution in [3.05, 3.63) is 65.3 Å². The Labute approximate surface area is 191 Å². The van der Waals surface area contributed by atoms with E-state index in [0.717, 1.165) is 0 Å². The van der Waals surface area contributed by atoms with Gasteiger partial charge >= 0.3 is 5.97 Å². The summed E-state index contributed by atoms with van der Waals surface area (Å²) in [5, 5.41) is 3.64. The van der Waals surface area contributed by atoms with Gasteiger partial charge in [0.15, 0.2) is 6.61 Å². The predicted molar refractivity (Wildman–Crippen MR) is 122 cm³/mol. The lowest BCUT2D eigenvalue weighted by Crippen LogP contribution is -2.30. The number of nitrogens with zero attached hydrogens (tertiary/aromatic N) is 2. The zero-order chi connectivity index (χ0) is 23.3. The van der Waals surface area contributed by atoms with Gasteiger partial charge in [0.25, 0.3) is 5.91 Å². The Morgan fingerprint density at radius 1 is 1.03 bits per heavy atom. The molecule has 2 aromatic carbocycles. The first-order valence-electron chi connectivity index (χ1n) is 9.88. The number of rotatable bonds is 8. The maximum Gasteiger partial charge on any atom is 0.338 e. The third-order valence-electron chi connectivity index (χ3n) is 4.71. The zero-order valence-corrected chi connectivity index (χ0v) is 19.1. The predicted octanol–water partition coefficient (Wildman–Crippen LogP) is 3.71. The highest BCUT2D eigenvalue weighted by atomic mass is 35.5. The molecule has 0 saturated carbocycles. The van der Waals surface area contributed by atoms with Crippen LogP contribution in [0.5, 0.6) is 0 Å². The number of hydrogen-bond acceptors (Lipinski definition) is 6. The average Bonchev–Trinajstić information content (AvgIpc) is 2.78. The minimum Gasteiger partial charge on any atom is -0.452 e. The van der Waals surface area contributed by atoms with E-state index in [2.05, 4.69) is 10.3 Å². The smallest absolute Gasteiger partial charge is 0.338 e. The molecule has 0 spiro atoms. The van der Waals surface area contributed by atoms with Crippen molar-refractivity contribution in [2.45, 2.75) is 18.7 Å². The second kappa shape index (κ2) is 10.1. The number of nitrogens with one attached hydrogen (secondary N) is 1. The molecule has 32 heavy (non-hydrogen) atoms. The van der Waals surface area contributed by atoms with Gasteiger partial charge in [-0.3, -0.25) is 4.79 Å². The van der Waals surface area contributed by atoms with Crippen LogP contribution in [-0.4, -0.2) is 49.3 Å². The quantitative estimate of drug-likeness (QED) is 0.393. The van der Waals surface area contributed by atoms with Crippen molar-refractivity contribution in [3.8, 4) is 0 Å². The average molecular weight is 476 g/mol. The van der Waals surface area contributed by atoms with Crippen molar-refractivity contribution in [2.24, 2.45) is 0 Å². The van der Waals surface area contributed by atoms with Crippen LogP contribution in [0.15, 0.2) is 59.5 Å². The van der Waals surface area contributed by atoms with Crippen molar-refractivity contribution in [3.63, 3.8) is 0 Å². The van der Waals surface area contributed by atoms with Crippen LogP contribution in [0, 0.1) is 0 Å². The number of amides is 1. The summed E-state index contributed by atoms with van der Waals surface area (Å²) in [6.45, 7) is 3.77. The Hall–Kier alpha value is -3.01. The molecule has 0 atom stereocenters. The standard InChI is InChI=1S/C22H22ClN3O5S/c1-3-26(4-2)32(29,30)18-9-7-17(8-10-18)24-21(27)14-31-22(28)16-5-11-19-15(13-16)6-12-20(23)25-19/h5-13H,3-4,14H2,1-2H3,(H,24,27). The van der Waals surface area contributed by atoms with Crippen LogP contribution in [0.2, 0.25) is 5.15 Å². The SMILES string of the molecule is CCN(CC)S(=O)(=O)c1ccc(NC(=O)COC(=O)c2ccc3nc(Cl)ccc3c2)cc1. The van der Waals surface area contributed by atoms with Crippen LogP contribution < -0.4 is 5.32 Å². The van der Waals surface area contributed by atoms with E-state index >= 15 is 0 Å². The number of anilines is 1. The fraction of sp³-hybridized carbons (Fsp3) is 0.227. The molecule has 0 aliphatic carbocycles. The lowest BCUT2D eigenvalue weighted by molar-refractivity contribution is -0.119. The highest BCUT2D eigenvalue weighted by Crippen LogP contribution is 2.19. The molecular formula is C22H22ClN3O5S. The van der Waals surface area contributed by atoms with Crippen LogP contribution in [-0.2, 0) is 19.6 Å². The third-order valence-corrected chi connectivity index (χ3v) is 6.98. The molecule has 1 aromatic heterocycles. The molecule has 0 fully saturated rings. The largest absolute Gasteiger partial charge is 0.452 e. The number of carbonyl (C=O) groups excluding carboxylic acids is 2. The number of halogens is 1. The Bertz CT molecular complexity index is 1240. The zero-order valence-electron chi connectivity index (χ0n) is 17.5. The highest BCUT2D eigenvalue weighted by molar-refractivity contribution is 7.89. The van der Waals surface area contributed by atoms with Crippen molar-refractivity contribution < 1.29 is 22.7 Å². The molecular weight excluding hydrogens is 454 g/mol. The molecule has 0 unspecified atom stereocenters. The molecule has 1 N–H and O–H groups in total. The number of benzene rings is 2. The van der Waals surface area contributed by atoms with Gasteiger partial charge in [0, 0.05) is 24.2 Å². The van der Waals surface area contributed by atoms with Gasteiger partial charge in [0.2, 0.25) is 10.0 Å². The molecule has 10 heteroatoms. The molecule has 1 heterocycles. The van der Waals surface area contributed by atoms with Crippen molar-refractivity contribution in [2.75, 3.05) is 25.0 Å². The van der Waals surface area contributed by atoms with E-state index in [4.69, 9.17) is 16.3 Å². The van der Waals surface area contributed by atoms with Gasteiger partial charge in [-0.1, -0.05) is 25.4 Å². The van der Waals surface area contributed by atoms with Crippen LogP contribution in [0.4, 0.5) is 5.69 Å². The summed E-state index contributed by atoms with van der Waals surface area (Å²) in [5.41, 5.74) is 1.30. The molecule has 3 aromatic rings. The molecule has 168 valence electrons. The van der Waals surface area contributed by atoms with Crippen LogP contribution in [0.3, 0.4) is 0 Å². The fourth-order valence-corrected chi connectivity index (χ4v) is 4.67. The van der Waals surface area contributed by atoms with Gasteiger partial charge in [0.05, 0.1) is 16.0 Å². The number of fused-ring (bicyclic) bond motifs is 1. The third kappa shape index (κ3) is 5.42. The lowest BCUT2D eigenvalue weighted by Gasteiger charge is -2.18. The summed E-state index contributed by atoms with van der Waals surface area (Å²) < 4.78 is 31.4. The summed E-state index contributed by atoms with van der Waals surface area (Å²) in [4.78, 5) is 28.7. The summed E-state index contributed by atoms with van der Waals surface area (Å²) in [7, 11) is -3.58. The summed E-state index contributed by atoms with van der Waals surface area (Å²) in [6, 6.07) is 14.0. The fourth-order valence-electron chi connectivity index (χ4n) is 3.06. The summed E-state index contributed by atoms with van der Waals surface area (Å²) in [5.74, 6) is -1.20. The van der Waals surface area contributed by atoms with Crippen LogP contribution in [0.1, 0.15) is 24.2 Å².